The van der Waals surface area contributed by atoms with Gasteiger partial charge in [-0.3, -0.25) is 0 Å². The second-order valence-electron chi connectivity index (χ2n) is 5.69. The Labute approximate surface area is 143 Å². The van der Waals surface area contributed by atoms with Gasteiger partial charge in [-0.1, -0.05) is 37.3 Å². The second kappa shape index (κ2) is 7.04. The van der Waals surface area contributed by atoms with Gasteiger partial charge in [0.05, 0.1) is 9.79 Å². The van der Waals surface area contributed by atoms with Gasteiger partial charge in [-0.05, 0) is 42.7 Å². The molecule has 0 bridgehead atoms. The third-order valence-electron chi connectivity index (χ3n) is 3.76. The average molecular weight is 367 g/mol. The topological polar surface area (TPSA) is 80.3 Å². The van der Waals surface area contributed by atoms with E-state index in [1.165, 1.54) is 29.8 Å². The first-order valence-electron chi connectivity index (χ1n) is 7.55. The lowest BCUT2D eigenvalue weighted by Gasteiger charge is -2.15. The Hall–Kier alpha value is -1.70. The number of sulfonamides is 1. The number of hydrogen-bond donors (Lipinski definition) is 1. The summed E-state index contributed by atoms with van der Waals surface area (Å²) in [6, 6.07) is 12.6. The standard InChI is InChI=1S/C17H21NO4S2/c1-4-14-8-10-15(11-9-14)13(2)18-24(21,22)17-7-5-6-16(12-17)23(3,19)20/h5-13,18H,4H2,1-3H3. The smallest absolute Gasteiger partial charge is 0.224 e. The van der Waals surface area contributed by atoms with Crippen molar-refractivity contribution in [2.24, 2.45) is 0 Å². The van der Waals surface area contributed by atoms with Crippen LogP contribution in [0.3, 0.4) is 0 Å². The minimum Gasteiger partial charge on any atom is -0.224 e. The summed E-state index contributed by atoms with van der Waals surface area (Å²) in [5.74, 6) is 0. The van der Waals surface area contributed by atoms with E-state index in [9.17, 15) is 16.8 Å². The predicted molar refractivity (Wildman–Crippen MR) is 94.1 cm³/mol. The first-order chi connectivity index (χ1) is 11.1. The van der Waals surface area contributed by atoms with Gasteiger partial charge in [-0.2, -0.15) is 0 Å². The summed E-state index contributed by atoms with van der Waals surface area (Å²) >= 11 is 0. The first-order valence-corrected chi connectivity index (χ1v) is 10.9. The highest BCUT2D eigenvalue weighted by molar-refractivity contribution is 7.91. The monoisotopic (exact) mass is 367 g/mol. The summed E-state index contributed by atoms with van der Waals surface area (Å²) < 4.78 is 50.8. The summed E-state index contributed by atoms with van der Waals surface area (Å²) in [4.78, 5) is -0.0900. The maximum Gasteiger partial charge on any atom is 0.241 e. The largest absolute Gasteiger partial charge is 0.241 e. The van der Waals surface area contributed by atoms with Crippen LogP contribution in [-0.2, 0) is 26.3 Å². The molecule has 24 heavy (non-hydrogen) atoms. The van der Waals surface area contributed by atoms with E-state index in [4.69, 9.17) is 0 Å². The molecular weight excluding hydrogens is 346 g/mol. The van der Waals surface area contributed by atoms with Crippen molar-refractivity contribution in [2.75, 3.05) is 6.26 Å². The van der Waals surface area contributed by atoms with Crippen LogP contribution in [0.15, 0.2) is 58.3 Å². The summed E-state index contributed by atoms with van der Waals surface area (Å²) in [5.41, 5.74) is 2.02. The molecule has 2 aromatic carbocycles. The predicted octanol–water partition coefficient (Wildman–Crippen LogP) is 2.69. The van der Waals surface area contributed by atoms with Crippen LogP contribution >= 0.6 is 0 Å². The zero-order chi connectivity index (χ0) is 18.0. The highest BCUT2D eigenvalue weighted by Crippen LogP contribution is 2.20. The van der Waals surface area contributed by atoms with Gasteiger partial charge in [0.25, 0.3) is 0 Å². The quantitative estimate of drug-likeness (QED) is 0.851. The lowest BCUT2D eigenvalue weighted by atomic mass is 10.1. The molecule has 0 spiro atoms. The Morgan fingerprint density at radius 1 is 0.958 bits per heavy atom. The summed E-state index contributed by atoms with van der Waals surface area (Å²) in [6.45, 7) is 3.80. The van der Waals surface area contributed by atoms with E-state index in [0.29, 0.717) is 0 Å². The number of aryl methyl sites for hydroxylation is 1. The van der Waals surface area contributed by atoms with E-state index < -0.39 is 25.9 Å². The van der Waals surface area contributed by atoms with Crippen LogP contribution in [0.4, 0.5) is 0 Å². The van der Waals surface area contributed by atoms with Gasteiger partial charge in [0.15, 0.2) is 9.84 Å². The highest BCUT2D eigenvalue weighted by Gasteiger charge is 2.20. The average Bonchev–Trinajstić information content (AvgIpc) is 2.54. The van der Waals surface area contributed by atoms with Gasteiger partial charge >= 0.3 is 0 Å². The van der Waals surface area contributed by atoms with Crippen molar-refractivity contribution in [3.8, 4) is 0 Å². The lowest BCUT2D eigenvalue weighted by Crippen LogP contribution is -2.27. The van der Waals surface area contributed by atoms with E-state index in [2.05, 4.69) is 11.6 Å². The van der Waals surface area contributed by atoms with E-state index in [0.717, 1.165) is 18.2 Å². The van der Waals surface area contributed by atoms with Crippen LogP contribution < -0.4 is 4.72 Å². The molecule has 0 saturated heterocycles. The third-order valence-corrected chi connectivity index (χ3v) is 6.41. The number of sulfone groups is 1. The second-order valence-corrected chi connectivity index (χ2v) is 9.41. The van der Waals surface area contributed by atoms with E-state index in [1.54, 1.807) is 6.92 Å². The molecule has 5 nitrogen and oxygen atoms in total. The molecule has 0 aliphatic heterocycles. The SMILES string of the molecule is CCc1ccc(C(C)NS(=O)(=O)c2cccc(S(C)(=O)=O)c2)cc1. The molecule has 0 radical (unpaired) electrons. The number of rotatable bonds is 6. The van der Waals surface area contributed by atoms with Gasteiger partial charge < -0.3 is 0 Å². The van der Waals surface area contributed by atoms with Crippen LogP contribution in [0.25, 0.3) is 0 Å². The molecule has 0 saturated carbocycles. The molecule has 0 fully saturated rings. The van der Waals surface area contributed by atoms with Crippen molar-refractivity contribution < 1.29 is 16.8 Å². The first kappa shape index (κ1) is 18.6. The Kier molecular flexibility index (Phi) is 5.47. The van der Waals surface area contributed by atoms with Crippen LogP contribution in [-0.4, -0.2) is 23.1 Å². The molecule has 0 amide bonds. The molecular formula is C17H21NO4S2. The minimum atomic E-state index is -3.82. The molecule has 7 heteroatoms. The number of hydrogen-bond acceptors (Lipinski definition) is 4. The Balaban J connectivity index is 2.27. The zero-order valence-electron chi connectivity index (χ0n) is 13.9. The van der Waals surface area contributed by atoms with Crippen LogP contribution in [0.2, 0.25) is 0 Å². The Morgan fingerprint density at radius 3 is 2.08 bits per heavy atom. The third kappa shape index (κ3) is 4.43. The maximum absolute atomic E-state index is 12.5. The minimum absolute atomic E-state index is 0.0228. The number of benzene rings is 2. The van der Waals surface area contributed by atoms with E-state index in [-0.39, 0.29) is 9.79 Å². The maximum atomic E-state index is 12.5. The van der Waals surface area contributed by atoms with E-state index in [1.807, 2.05) is 24.3 Å². The van der Waals surface area contributed by atoms with Gasteiger partial charge in [0, 0.05) is 12.3 Å². The molecule has 1 N–H and O–H groups in total. The van der Waals surface area contributed by atoms with Crippen molar-refractivity contribution in [3.63, 3.8) is 0 Å². The van der Waals surface area contributed by atoms with Crippen LogP contribution in [0, 0.1) is 0 Å². The fourth-order valence-corrected chi connectivity index (χ4v) is 4.30. The van der Waals surface area contributed by atoms with Crippen molar-refractivity contribution in [3.05, 3.63) is 59.7 Å². The number of nitrogens with one attached hydrogen (secondary N) is 1. The Morgan fingerprint density at radius 2 is 1.54 bits per heavy atom. The fraction of sp³-hybridized carbons (Fsp3) is 0.294. The van der Waals surface area contributed by atoms with E-state index >= 15 is 0 Å². The molecule has 130 valence electrons. The zero-order valence-corrected chi connectivity index (χ0v) is 15.5. The lowest BCUT2D eigenvalue weighted by molar-refractivity contribution is 0.566. The van der Waals surface area contributed by atoms with Gasteiger partial charge in [0.1, 0.15) is 0 Å². The highest BCUT2D eigenvalue weighted by atomic mass is 32.2. The van der Waals surface area contributed by atoms with Gasteiger partial charge in [-0.25, -0.2) is 21.6 Å². The van der Waals surface area contributed by atoms with Crippen LogP contribution in [0.5, 0.6) is 0 Å². The normalized spacial score (nSPS) is 13.6. The summed E-state index contributed by atoms with van der Waals surface area (Å²) in [5, 5.41) is 0. The molecule has 0 aliphatic carbocycles. The van der Waals surface area contributed by atoms with Gasteiger partial charge in [-0.15, -0.1) is 0 Å². The van der Waals surface area contributed by atoms with Crippen molar-refractivity contribution in [1.29, 1.82) is 0 Å². The molecule has 2 rings (SSSR count). The molecule has 0 aliphatic rings. The van der Waals surface area contributed by atoms with Crippen molar-refractivity contribution >= 4 is 19.9 Å². The van der Waals surface area contributed by atoms with Crippen molar-refractivity contribution in [2.45, 2.75) is 36.1 Å². The summed E-state index contributed by atoms with van der Waals surface area (Å²) in [6.07, 6.45) is 1.96. The Bertz CT molecular complexity index is 917. The fourth-order valence-electron chi connectivity index (χ4n) is 2.28. The molecule has 1 atom stereocenters. The molecule has 0 heterocycles. The molecule has 0 aromatic heterocycles. The van der Waals surface area contributed by atoms with Crippen LogP contribution in [0.1, 0.15) is 31.0 Å². The van der Waals surface area contributed by atoms with Gasteiger partial charge in [0.2, 0.25) is 10.0 Å². The molecule has 1 unspecified atom stereocenters. The van der Waals surface area contributed by atoms with Crippen molar-refractivity contribution in [1.82, 2.24) is 4.72 Å². The molecule has 2 aromatic rings. The summed E-state index contributed by atoms with van der Waals surface area (Å²) in [7, 11) is -7.29.